The van der Waals surface area contributed by atoms with E-state index in [1.165, 1.54) is 0 Å². The van der Waals surface area contributed by atoms with Crippen LogP contribution in [0.5, 0.6) is 0 Å². The van der Waals surface area contributed by atoms with Crippen molar-refractivity contribution in [3.63, 3.8) is 0 Å². The van der Waals surface area contributed by atoms with E-state index in [0.717, 1.165) is 24.3 Å². The smallest absolute Gasteiger partial charge is 0.245 e. The highest BCUT2D eigenvalue weighted by molar-refractivity contribution is 7.99. The first-order valence-corrected chi connectivity index (χ1v) is 8.84. The maximum absolute atomic E-state index is 12.7. The molecule has 1 aliphatic heterocycles. The van der Waals surface area contributed by atoms with Gasteiger partial charge in [0.15, 0.2) is 0 Å². The number of thioether (sulfide) groups is 1. The fraction of sp³-hybridized carbons (Fsp3) is 0.867. The first kappa shape index (κ1) is 17.3. The van der Waals surface area contributed by atoms with E-state index >= 15 is 0 Å². The van der Waals surface area contributed by atoms with Crippen LogP contribution in [0.25, 0.3) is 0 Å². The quantitative estimate of drug-likeness (QED) is 0.734. The van der Waals surface area contributed by atoms with Crippen molar-refractivity contribution in [3.8, 4) is 0 Å². The molecule has 2 amide bonds. The van der Waals surface area contributed by atoms with E-state index in [2.05, 4.69) is 26.1 Å². The standard InChI is InChI=1S/C15H28N2O2S/c1-5-11(3)14-15(19)17(9-7-13(18)16-14)12(4)8-10-20-6-2/h11-12,14H,5-10H2,1-4H3,(H,16,18). The monoisotopic (exact) mass is 300 g/mol. The average molecular weight is 300 g/mol. The Morgan fingerprint density at radius 3 is 2.65 bits per heavy atom. The molecule has 0 radical (unpaired) electrons. The topological polar surface area (TPSA) is 49.4 Å². The molecule has 1 fully saturated rings. The zero-order valence-corrected chi connectivity index (χ0v) is 14.0. The molecule has 116 valence electrons. The highest BCUT2D eigenvalue weighted by Crippen LogP contribution is 2.18. The first-order valence-electron chi connectivity index (χ1n) is 7.68. The van der Waals surface area contributed by atoms with Gasteiger partial charge in [-0.15, -0.1) is 0 Å². The minimum atomic E-state index is -0.351. The van der Waals surface area contributed by atoms with Crippen LogP contribution in [0.2, 0.25) is 0 Å². The zero-order chi connectivity index (χ0) is 15.1. The third-order valence-corrected chi connectivity index (χ3v) is 5.01. The summed E-state index contributed by atoms with van der Waals surface area (Å²) in [6, 6.07) is -0.142. The summed E-state index contributed by atoms with van der Waals surface area (Å²) in [5.74, 6) is 2.46. The third-order valence-electron chi connectivity index (χ3n) is 4.07. The van der Waals surface area contributed by atoms with Crippen LogP contribution in [0, 0.1) is 5.92 Å². The van der Waals surface area contributed by atoms with E-state index in [0.29, 0.717) is 13.0 Å². The molecule has 1 rings (SSSR count). The van der Waals surface area contributed by atoms with Gasteiger partial charge in [0.2, 0.25) is 11.8 Å². The molecule has 20 heavy (non-hydrogen) atoms. The minimum absolute atomic E-state index is 0.00119. The summed E-state index contributed by atoms with van der Waals surface area (Å²) in [5, 5.41) is 2.90. The van der Waals surface area contributed by atoms with E-state index in [9.17, 15) is 9.59 Å². The molecule has 0 spiro atoms. The Morgan fingerprint density at radius 1 is 1.35 bits per heavy atom. The van der Waals surface area contributed by atoms with Crippen molar-refractivity contribution in [2.24, 2.45) is 5.92 Å². The third kappa shape index (κ3) is 4.69. The van der Waals surface area contributed by atoms with Gasteiger partial charge in [0.05, 0.1) is 0 Å². The predicted octanol–water partition coefficient (Wildman–Crippen LogP) is 2.28. The Balaban J connectivity index is 2.73. The second-order valence-corrected chi connectivity index (χ2v) is 6.94. The molecule has 0 aromatic heterocycles. The molecular weight excluding hydrogens is 272 g/mol. The number of nitrogens with one attached hydrogen (secondary N) is 1. The number of hydrogen-bond acceptors (Lipinski definition) is 3. The number of carbonyl (C=O) groups excluding carboxylic acids is 2. The van der Waals surface area contributed by atoms with Gasteiger partial charge in [0.1, 0.15) is 6.04 Å². The van der Waals surface area contributed by atoms with Crippen LogP contribution >= 0.6 is 11.8 Å². The number of carbonyl (C=O) groups is 2. The second-order valence-electron chi connectivity index (χ2n) is 5.55. The largest absolute Gasteiger partial charge is 0.344 e. The summed E-state index contributed by atoms with van der Waals surface area (Å²) in [6.45, 7) is 8.88. The molecule has 0 aromatic rings. The second kappa shape index (κ2) is 8.55. The van der Waals surface area contributed by atoms with Gasteiger partial charge in [-0.25, -0.2) is 0 Å². The average Bonchev–Trinajstić information content (AvgIpc) is 2.58. The van der Waals surface area contributed by atoms with Gasteiger partial charge in [-0.3, -0.25) is 9.59 Å². The summed E-state index contributed by atoms with van der Waals surface area (Å²) in [7, 11) is 0. The Morgan fingerprint density at radius 2 is 2.05 bits per heavy atom. The van der Waals surface area contributed by atoms with E-state index < -0.39 is 0 Å². The Kier molecular flexibility index (Phi) is 7.41. The first-order chi connectivity index (χ1) is 9.51. The molecule has 3 unspecified atom stereocenters. The van der Waals surface area contributed by atoms with Crippen LogP contribution in [0.3, 0.4) is 0 Å². The molecule has 0 saturated carbocycles. The molecule has 1 N–H and O–H groups in total. The van der Waals surface area contributed by atoms with Gasteiger partial charge >= 0.3 is 0 Å². The SMILES string of the molecule is CCSCCC(C)N1CCC(=O)NC(C(C)CC)C1=O. The number of hydrogen-bond donors (Lipinski definition) is 1. The summed E-state index contributed by atoms with van der Waals surface area (Å²) >= 11 is 1.90. The molecule has 0 bridgehead atoms. The van der Waals surface area contributed by atoms with E-state index in [1.807, 2.05) is 23.6 Å². The van der Waals surface area contributed by atoms with Gasteiger partial charge in [-0.2, -0.15) is 11.8 Å². The minimum Gasteiger partial charge on any atom is -0.344 e. The fourth-order valence-electron chi connectivity index (χ4n) is 2.43. The summed E-state index contributed by atoms with van der Waals surface area (Å²) in [6.07, 6.45) is 2.31. The fourth-order valence-corrected chi connectivity index (χ4v) is 3.23. The number of amides is 2. The van der Waals surface area contributed by atoms with Gasteiger partial charge in [0.25, 0.3) is 0 Å². The molecule has 1 aliphatic rings. The lowest BCUT2D eigenvalue weighted by molar-refractivity contribution is -0.136. The predicted molar refractivity (Wildman–Crippen MR) is 84.8 cm³/mol. The Hall–Kier alpha value is -0.710. The van der Waals surface area contributed by atoms with E-state index in [-0.39, 0.29) is 29.8 Å². The van der Waals surface area contributed by atoms with E-state index in [1.54, 1.807) is 0 Å². The molecule has 0 aliphatic carbocycles. The zero-order valence-electron chi connectivity index (χ0n) is 13.1. The molecule has 0 aromatic carbocycles. The van der Waals surface area contributed by atoms with Gasteiger partial charge in [-0.05, 0) is 30.8 Å². The van der Waals surface area contributed by atoms with Crippen LogP contribution in [-0.4, -0.2) is 46.8 Å². The molecular formula is C15H28N2O2S. The van der Waals surface area contributed by atoms with Crippen molar-refractivity contribution in [1.82, 2.24) is 10.2 Å². The lowest BCUT2D eigenvalue weighted by Gasteiger charge is -2.31. The summed E-state index contributed by atoms with van der Waals surface area (Å²) in [4.78, 5) is 26.4. The maximum Gasteiger partial charge on any atom is 0.245 e. The van der Waals surface area contributed by atoms with Crippen molar-refractivity contribution in [3.05, 3.63) is 0 Å². The molecule has 3 atom stereocenters. The Labute approximate surface area is 127 Å². The Bertz CT molecular complexity index is 336. The summed E-state index contributed by atoms with van der Waals surface area (Å²) < 4.78 is 0. The van der Waals surface area contributed by atoms with Crippen LogP contribution in [0.1, 0.15) is 47.0 Å². The summed E-state index contributed by atoms with van der Waals surface area (Å²) in [5.41, 5.74) is 0. The van der Waals surface area contributed by atoms with Crippen LogP contribution < -0.4 is 5.32 Å². The van der Waals surface area contributed by atoms with Crippen molar-refractivity contribution < 1.29 is 9.59 Å². The highest BCUT2D eigenvalue weighted by Gasteiger charge is 2.34. The lowest BCUT2D eigenvalue weighted by Crippen LogP contribution is -2.50. The highest BCUT2D eigenvalue weighted by atomic mass is 32.2. The van der Waals surface area contributed by atoms with Crippen molar-refractivity contribution in [2.75, 3.05) is 18.1 Å². The van der Waals surface area contributed by atoms with E-state index in [4.69, 9.17) is 0 Å². The number of nitrogens with zero attached hydrogens (tertiary/aromatic N) is 1. The van der Waals surface area contributed by atoms with Crippen molar-refractivity contribution >= 4 is 23.6 Å². The van der Waals surface area contributed by atoms with Crippen LogP contribution in [0.4, 0.5) is 0 Å². The van der Waals surface area contributed by atoms with Gasteiger partial charge < -0.3 is 10.2 Å². The maximum atomic E-state index is 12.7. The molecule has 4 nitrogen and oxygen atoms in total. The van der Waals surface area contributed by atoms with Crippen molar-refractivity contribution in [2.45, 2.75) is 59.0 Å². The lowest BCUT2D eigenvalue weighted by atomic mass is 9.97. The van der Waals surface area contributed by atoms with Crippen LogP contribution in [0.15, 0.2) is 0 Å². The molecule has 1 saturated heterocycles. The van der Waals surface area contributed by atoms with Gasteiger partial charge in [-0.1, -0.05) is 27.2 Å². The normalized spacial score (nSPS) is 23.2. The number of rotatable bonds is 7. The molecule has 1 heterocycles. The van der Waals surface area contributed by atoms with Crippen molar-refractivity contribution in [1.29, 1.82) is 0 Å². The molecule has 5 heteroatoms. The van der Waals surface area contributed by atoms with Gasteiger partial charge in [0, 0.05) is 19.0 Å². The van der Waals surface area contributed by atoms with Crippen LogP contribution in [-0.2, 0) is 9.59 Å².